The normalized spacial score (nSPS) is 23.1. The number of carbonyl (C=O) groups excluding carboxylic acids is 1. The van der Waals surface area contributed by atoms with Crippen LogP contribution in [-0.4, -0.2) is 73.5 Å². The molecule has 2 aromatic carbocycles. The van der Waals surface area contributed by atoms with E-state index < -0.39 is 17.6 Å². The Morgan fingerprint density at radius 1 is 1.11 bits per heavy atom. The molecule has 1 amide bonds. The van der Waals surface area contributed by atoms with Crippen molar-refractivity contribution < 1.29 is 28.9 Å². The third-order valence-electron chi connectivity index (χ3n) is 7.07. The molecule has 2 aliphatic rings. The van der Waals surface area contributed by atoms with Crippen LogP contribution >= 0.6 is 0 Å². The van der Waals surface area contributed by atoms with Gasteiger partial charge in [-0.2, -0.15) is 0 Å². The molecular formula is C27H34N2O6. The van der Waals surface area contributed by atoms with Gasteiger partial charge in [0.15, 0.2) is 0 Å². The van der Waals surface area contributed by atoms with Gasteiger partial charge in [-0.1, -0.05) is 30.3 Å². The molecule has 3 atom stereocenters. The Bertz CT molecular complexity index is 1030. The smallest absolute Gasteiger partial charge is 0.326 e. The minimum atomic E-state index is -1.08. The zero-order valence-corrected chi connectivity index (χ0v) is 20.6. The van der Waals surface area contributed by atoms with Gasteiger partial charge in [0.2, 0.25) is 0 Å². The van der Waals surface area contributed by atoms with E-state index in [1.807, 2.05) is 42.5 Å². The number of nitrogens with zero attached hydrogens (tertiary/aromatic N) is 1. The first kappa shape index (κ1) is 25.0. The maximum absolute atomic E-state index is 13.1. The summed E-state index contributed by atoms with van der Waals surface area (Å²) in [6, 6.07) is 12.3. The number of methoxy groups -OCH3 is 2. The lowest BCUT2D eigenvalue weighted by molar-refractivity contribution is -0.147. The topological polar surface area (TPSA) is 97.3 Å². The molecule has 2 N–H and O–H groups in total. The van der Waals surface area contributed by atoms with Gasteiger partial charge in [0, 0.05) is 18.9 Å². The van der Waals surface area contributed by atoms with E-state index in [1.165, 1.54) is 12.8 Å². The Labute approximate surface area is 206 Å². The largest absolute Gasteiger partial charge is 0.496 e. The Hall–Kier alpha value is -3.10. The molecule has 0 spiro atoms. The second-order valence-electron chi connectivity index (χ2n) is 9.45. The molecule has 0 aliphatic carbocycles. The summed E-state index contributed by atoms with van der Waals surface area (Å²) in [6.07, 6.45) is 3.07. The number of aliphatic carboxylic acids is 1. The lowest BCUT2D eigenvalue weighted by atomic mass is 9.96. The summed E-state index contributed by atoms with van der Waals surface area (Å²) in [5, 5.41) is 12.5. The van der Waals surface area contributed by atoms with Crippen LogP contribution in [-0.2, 0) is 20.7 Å². The van der Waals surface area contributed by atoms with Crippen LogP contribution in [0.1, 0.15) is 31.7 Å². The average Bonchev–Trinajstić information content (AvgIpc) is 3.54. The minimum absolute atomic E-state index is 0.163. The number of benzene rings is 2. The highest BCUT2D eigenvalue weighted by Gasteiger charge is 2.45. The van der Waals surface area contributed by atoms with Crippen LogP contribution < -0.4 is 14.8 Å². The molecule has 35 heavy (non-hydrogen) atoms. The number of nitrogens with one attached hydrogen (secondary N) is 1. The van der Waals surface area contributed by atoms with E-state index in [0.29, 0.717) is 24.5 Å². The molecule has 0 radical (unpaired) electrons. The highest BCUT2D eigenvalue weighted by Crippen LogP contribution is 2.38. The molecule has 0 saturated carbocycles. The van der Waals surface area contributed by atoms with Gasteiger partial charge < -0.3 is 24.6 Å². The Morgan fingerprint density at radius 2 is 1.74 bits per heavy atom. The molecule has 2 aliphatic heterocycles. The van der Waals surface area contributed by atoms with Crippen molar-refractivity contribution in [2.75, 3.05) is 33.9 Å². The third-order valence-corrected chi connectivity index (χ3v) is 7.07. The number of carbonyl (C=O) groups is 2. The van der Waals surface area contributed by atoms with Gasteiger partial charge in [0.25, 0.3) is 5.91 Å². The molecule has 8 heteroatoms. The van der Waals surface area contributed by atoms with Crippen molar-refractivity contribution in [2.24, 2.45) is 0 Å². The summed E-state index contributed by atoms with van der Waals surface area (Å²) >= 11 is 0. The summed E-state index contributed by atoms with van der Waals surface area (Å²) in [5.41, 5.74) is 1.48. The van der Waals surface area contributed by atoms with Crippen molar-refractivity contribution in [1.82, 2.24) is 10.2 Å². The number of amides is 1. The zero-order valence-electron chi connectivity index (χ0n) is 20.6. The number of carboxylic acids is 1. The highest BCUT2D eigenvalue weighted by molar-refractivity contribution is 5.89. The fourth-order valence-corrected chi connectivity index (χ4v) is 5.04. The third kappa shape index (κ3) is 5.44. The number of carboxylic acid groups (broad SMARTS) is 1. The van der Waals surface area contributed by atoms with Crippen molar-refractivity contribution in [3.05, 3.63) is 48.0 Å². The Kier molecular flexibility index (Phi) is 7.62. The van der Waals surface area contributed by atoms with E-state index >= 15 is 0 Å². The minimum Gasteiger partial charge on any atom is -0.496 e. The van der Waals surface area contributed by atoms with Gasteiger partial charge in [-0.3, -0.25) is 9.69 Å². The molecule has 2 heterocycles. The number of ether oxygens (including phenoxy) is 3. The van der Waals surface area contributed by atoms with E-state index in [9.17, 15) is 14.7 Å². The van der Waals surface area contributed by atoms with Gasteiger partial charge in [-0.05, 0) is 56.1 Å². The summed E-state index contributed by atoms with van der Waals surface area (Å²) < 4.78 is 16.9. The first-order chi connectivity index (χ1) is 16.8. The van der Waals surface area contributed by atoms with Crippen LogP contribution in [0, 0.1) is 0 Å². The Morgan fingerprint density at radius 3 is 2.31 bits per heavy atom. The monoisotopic (exact) mass is 482 g/mol. The van der Waals surface area contributed by atoms with Crippen molar-refractivity contribution in [1.29, 1.82) is 0 Å². The quantitative estimate of drug-likeness (QED) is 0.567. The molecular weight excluding hydrogens is 448 g/mol. The fraction of sp³-hybridized carbons (Fsp3) is 0.481. The molecule has 0 bridgehead atoms. The SMILES string of the molecule is COc1cccc(OC)c1-c1ccc(C[C@H](NC(=O)C2(C)CC(N3CCCC3)CO2)C(=O)O)cc1. The second kappa shape index (κ2) is 10.7. The fourth-order valence-electron chi connectivity index (χ4n) is 5.04. The standard InChI is InChI=1S/C27H34N2O6/c1-27(16-20(17-35-27)29-13-4-5-14-29)26(32)28-21(25(30)31)15-18-9-11-19(12-10-18)24-22(33-2)7-6-8-23(24)34-3/h6-12,20-21H,4-5,13-17H2,1-3H3,(H,28,32)(H,30,31)/t20?,21-,27?/m0/s1. The van der Waals surface area contributed by atoms with E-state index in [2.05, 4.69) is 10.2 Å². The van der Waals surface area contributed by atoms with Crippen LogP contribution in [0.25, 0.3) is 11.1 Å². The predicted molar refractivity (Wildman–Crippen MR) is 132 cm³/mol. The van der Waals surface area contributed by atoms with Crippen molar-refractivity contribution in [2.45, 2.75) is 50.3 Å². The maximum atomic E-state index is 13.1. The van der Waals surface area contributed by atoms with Crippen molar-refractivity contribution in [3.63, 3.8) is 0 Å². The highest BCUT2D eigenvalue weighted by atomic mass is 16.5. The summed E-state index contributed by atoms with van der Waals surface area (Å²) in [4.78, 5) is 27.4. The van der Waals surface area contributed by atoms with Gasteiger partial charge in [-0.15, -0.1) is 0 Å². The summed E-state index contributed by atoms with van der Waals surface area (Å²) in [6.45, 7) is 4.31. The van der Waals surface area contributed by atoms with Crippen LogP contribution in [0.2, 0.25) is 0 Å². The summed E-state index contributed by atoms with van der Waals surface area (Å²) in [7, 11) is 3.21. The van der Waals surface area contributed by atoms with Crippen LogP contribution in [0.5, 0.6) is 11.5 Å². The van der Waals surface area contributed by atoms with Crippen molar-refractivity contribution >= 4 is 11.9 Å². The molecule has 2 aromatic rings. The molecule has 2 fully saturated rings. The first-order valence-corrected chi connectivity index (χ1v) is 12.1. The molecule has 0 aromatic heterocycles. The van der Waals surface area contributed by atoms with Gasteiger partial charge >= 0.3 is 5.97 Å². The van der Waals surface area contributed by atoms with Crippen LogP contribution in [0.4, 0.5) is 0 Å². The molecule has 8 nitrogen and oxygen atoms in total. The van der Waals surface area contributed by atoms with Crippen molar-refractivity contribution in [3.8, 4) is 22.6 Å². The van der Waals surface area contributed by atoms with Gasteiger partial charge in [0.1, 0.15) is 23.1 Å². The van der Waals surface area contributed by atoms with E-state index in [0.717, 1.165) is 29.8 Å². The van der Waals surface area contributed by atoms with Gasteiger partial charge in [0.05, 0.1) is 26.4 Å². The second-order valence-corrected chi connectivity index (χ2v) is 9.45. The van der Waals surface area contributed by atoms with Crippen LogP contribution in [0.15, 0.2) is 42.5 Å². The van der Waals surface area contributed by atoms with E-state index in [-0.39, 0.29) is 18.4 Å². The Balaban J connectivity index is 1.44. The summed E-state index contributed by atoms with van der Waals surface area (Å²) in [5.74, 6) is -0.0804. The molecule has 2 unspecified atom stereocenters. The lowest BCUT2D eigenvalue weighted by Crippen LogP contribution is -2.52. The molecule has 4 rings (SSSR count). The first-order valence-electron chi connectivity index (χ1n) is 12.1. The number of rotatable bonds is 9. The number of likely N-dealkylation sites (tertiary alicyclic amines) is 1. The van der Waals surface area contributed by atoms with Gasteiger partial charge in [-0.25, -0.2) is 4.79 Å². The predicted octanol–water partition coefficient (Wildman–Crippen LogP) is 3.13. The lowest BCUT2D eigenvalue weighted by Gasteiger charge is -2.26. The molecule has 188 valence electrons. The number of hydrogen-bond donors (Lipinski definition) is 2. The van der Waals surface area contributed by atoms with E-state index in [4.69, 9.17) is 14.2 Å². The average molecular weight is 483 g/mol. The van der Waals surface area contributed by atoms with Crippen LogP contribution in [0.3, 0.4) is 0 Å². The zero-order chi connectivity index (χ0) is 25.0. The molecule has 2 saturated heterocycles. The number of hydrogen-bond acceptors (Lipinski definition) is 6. The van der Waals surface area contributed by atoms with E-state index in [1.54, 1.807) is 21.1 Å². The maximum Gasteiger partial charge on any atom is 0.326 e.